The van der Waals surface area contributed by atoms with Gasteiger partial charge in [-0.1, -0.05) is 11.6 Å². The number of hydrogen-bond donors (Lipinski definition) is 1. The van der Waals surface area contributed by atoms with E-state index in [0.29, 0.717) is 9.92 Å². The molecule has 1 saturated heterocycles. The van der Waals surface area contributed by atoms with Crippen LogP contribution < -0.4 is 10.2 Å². The molecule has 2 aromatic rings. The fourth-order valence-corrected chi connectivity index (χ4v) is 3.31. The molecule has 0 radical (unpaired) electrons. The van der Waals surface area contributed by atoms with Crippen LogP contribution in [0.25, 0.3) is 0 Å². The van der Waals surface area contributed by atoms with E-state index in [2.05, 4.69) is 9.71 Å². The molecule has 1 aliphatic rings. The molecule has 0 aliphatic carbocycles. The molecule has 1 aliphatic heterocycles. The largest absolute Gasteiger partial charge is 0.496 e. The van der Waals surface area contributed by atoms with Crippen LogP contribution in [0.2, 0.25) is 5.02 Å². The standard InChI is InChI=1S/C18H21BClFN2O2S/c1-11-15(23-26-16-7-6-13(20)9-14(16)21)8-12(10-22-11)19-24-17(2,3)18(4,5)25-19/h6-10,23H,1-5H3. The van der Waals surface area contributed by atoms with Gasteiger partial charge in [0.05, 0.1) is 27.5 Å². The van der Waals surface area contributed by atoms with Crippen LogP contribution in [0.5, 0.6) is 0 Å². The molecule has 2 heterocycles. The minimum atomic E-state index is -0.495. The average Bonchev–Trinajstić information content (AvgIpc) is 2.76. The number of aromatic nitrogens is 1. The van der Waals surface area contributed by atoms with Crippen LogP contribution in [0.1, 0.15) is 33.4 Å². The van der Waals surface area contributed by atoms with Crippen LogP contribution in [0.3, 0.4) is 0 Å². The fourth-order valence-electron chi connectivity index (χ4n) is 2.43. The van der Waals surface area contributed by atoms with Gasteiger partial charge in [0.2, 0.25) is 0 Å². The number of halogens is 2. The molecule has 0 atom stereocenters. The zero-order chi connectivity index (χ0) is 19.1. The van der Waals surface area contributed by atoms with Gasteiger partial charge < -0.3 is 14.0 Å². The lowest BCUT2D eigenvalue weighted by Crippen LogP contribution is -2.41. The van der Waals surface area contributed by atoms with Crippen molar-refractivity contribution < 1.29 is 13.7 Å². The molecule has 1 fully saturated rings. The molecule has 4 nitrogen and oxygen atoms in total. The van der Waals surface area contributed by atoms with E-state index in [1.165, 1.54) is 18.0 Å². The maximum absolute atomic E-state index is 13.9. The van der Waals surface area contributed by atoms with Gasteiger partial charge in [-0.2, -0.15) is 0 Å². The molecule has 0 amide bonds. The first-order chi connectivity index (χ1) is 12.1. The van der Waals surface area contributed by atoms with E-state index >= 15 is 0 Å². The summed E-state index contributed by atoms with van der Waals surface area (Å²) in [5.74, 6) is -0.372. The van der Waals surface area contributed by atoms with E-state index < -0.39 is 18.3 Å². The molecule has 138 valence electrons. The molecule has 1 aromatic carbocycles. The Morgan fingerprint density at radius 2 is 1.81 bits per heavy atom. The number of pyridine rings is 1. The number of anilines is 1. The van der Waals surface area contributed by atoms with Gasteiger partial charge in [0.1, 0.15) is 5.82 Å². The highest BCUT2D eigenvalue weighted by molar-refractivity contribution is 8.00. The van der Waals surface area contributed by atoms with Gasteiger partial charge in [0, 0.05) is 16.7 Å². The number of nitrogens with zero attached hydrogens (tertiary/aromatic N) is 1. The Morgan fingerprint density at radius 1 is 1.15 bits per heavy atom. The molecule has 0 spiro atoms. The summed E-state index contributed by atoms with van der Waals surface area (Å²) >= 11 is 6.96. The molecule has 8 heteroatoms. The SMILES string of the molecule is Cc1ncc(B2OC(C)(C)C(C)(C)O2)cc1NSc1ccc(Cl)cc1F. The van der Waals surface area contributed by atoms with Crippen molar-refractivity contribution in [2.24, 2.45) is 0 Å². The summed E-state index contributed by atoms with van der Waals surface area (Å²) in [7, 11) is -0.495. The topological polar surface area (TPSA) is 43.4 Å². The van der Waals surface area contributed by atoms with Crippen LogP contribution in [-0.4, -0.2) is 23.3 Å². The molecule has 0 saturated carbocycles. The minimum absolute atomic E-state index is 0.368. The van der Waals surface area contributed by atoms with Gasteiger partial charge in [-0.15, -0.1) is 0 Å². The van der Waals surface area contributed by atoms with Crippen molar-refractivity contribution in [3.05, 3.63) is 47.0 Å². The number of nitrogens with one attached hydrogen (secondary N) is 1. The highest BCUT2D eigenvalue weighted by atomic mass is 35.5. The third-order valence-corrected chi connectivity index (χ3v) is 5.91. The van der Waals surface area contributed by atoms with Crippen molar-refractivity contribution in [1.29, 1.82) is 0 Å². The van der Waals surface area contributed by atoms with Crippen molar-refractivity contribution in [3.8, 4) is 0 Å². The summed E-state index contributed by atoms with van der Waals surface area (Å²) in [6, 6.07) is 6.50. The highest BCUT2D eigenvalue weighted by Gasteiger charge is 2.51. The normalized spacial score (nSPS) is 18.2. The van der Waals surface area contributed by atoms with Crippen LogP contribution in [0.4, 0.5) is 10.1 Å². The highest BCUT2D eigenvalue weighted by Crippen LogP contribution is 2.36. The van der Waals surface area contributed by atoms with Gasteiger partial charge >= 0.3 is 7.12 Å². The van der Waals surface area contributed by atoms with Crippen molar-refractivity contribution >= 4 is 41.8 Å². The molecule has 26 heavy (non-hydrogen) atoms. The summed E-state index contributed by atoms with van der Waals surface area (Å²) in [5, 5.41) is 0.368. The lowest BCUT2D eigenvalue weighted by Gasteiger charge is -2.32. The number of rotatable bonds is 4. The lowest BCUT2D eigenvalue weighted by atomic mass is 9.80. The monoisotopic (exact) mass is 394 g/mol. The van der Waals surface area contributed by atoms with Gasteiger partial charge in [0.25, 0.3) is 0 Å². The van der Waals surface area contributed by atoms with E-state index in [0.717, 1.165) is 16.8 Å². The third kappa shape index (κ3) is 3.86. The first kappa shape index (κ1) is 19.5. The number of aryl methyl sites for hydroxylation is 1. The summed E-state index contributed by atoms with van der Waals surface area (Å²) in [5.41, 5.74) is 1.55. The zero-order valence-corrected chi connectivity index (χ0v) is 17.0. The summed E-state index contributed by atoms with van der Waals surface area (Å²) < 4.78 is 29.2. The van der Waals surface area contributed by atoms with Crippen LogP contribution >= 0.6 is 23.5 Å². The van der Waals surface area contributed by atoms with Crippen molar-refractivity contribution in [2.45, 2.75) is 50.7 Å². The Kier molecular flexibility index (Phi) is 5.27. The summed E-state index contributed by atoms with van der Waals surface area (Å²) in [6.45, 7) is 9.91. The van der Waals surface area contributed by atoms with Crippen molar-refractivity contribution in [3.63, 3.8) is 0 Å². The quantitative estimate of drug-likeness (QED) is 0.606. The predicted molar refractivity (Wildman–Crippen MR) is 106 cm³/mol. The van der Waals surface area contributed by atoms with E-state index in [1.807, 2.05) is 40.7 Å². The molecule has 1 aromatic heterocycles. The maximum Gasteiger partial charge on any atom is 0.496 e. The van der Waals surface area contributed by atoms with Gasteiger partial charge in [-0.3, -0.25) is 4.98 Å². The Balaban J connectivity index is 1.78. The minimum Gasteiger partial charge on any atom is -0.399 e. The van der Waals surface area contributed by atoms with Gasteiger partial charge in [-0.05, 0) is 70.8 Å². The van der Waals surface area contributed by atoms with Crippen molar-refractivity contribution in [2.75, 3.05) is 4.72 Å². The second kappa shape index (κ2) is 7.04. The molecule has 3 rings (SSSR count). The van der Waals surface area contributed by atoms with E-state index in [1.54, 1.807) is 18.3 Å². The Bertz CT molecular complexity index is 819. The van der Waals surface area contributed by atoms with Crippen LogP contribution in [-0.2, 0) is 9.31 Å². The Morgan fingerprint density at radius 3 is 2.42 bits per heavy atom. The number of benzene rings is 1. The molecule has 0 bridgehead atoms. The first-order valence-electron chi connectivity index (χ1n) is 8.29. The second-order valence-electron chi connectivity index (χ2n) is 7.27. The second-order valence-corrected chi connectivity index (χ2v) is 8.55. The van der Waals surface area contributed by atoms with Crippen LogP contribution in [0, 0.1) is 12.7 Å². The molecule has 1 N–H and O–H groups in total. The predicted octanol–water partition coefficient (Wildman–Crippen LogP) is 4.60. The summed E-state index contributed by atoms with van der Waals surface area (Å²) in [4.78, 5) is 4.87. The smallest absolute Gasteiger partial charge is 0.399 e. The average molecular weight is 395 g/mol. The van der Waals surface area contributed by atoms with E-state index in [9.17, 15) is 4.39 Å². The maximum atomic E-state index is 13.9. The Labute approximate surface area is 163 Å². The molecular formula is C18H21BClFN2O2S. The Hall–Kier alpha value is -1.28. The number of hydrogen-bond acceptors (Lipinski definition) is 5. The van der Waals surface area contributed by atoms with Gasteiger partial charge in [0.15, 0.2) is 0 Å². The van der Waals surface area contributed by atoms with Crippen molar-refractivity contribution in [1.82, 2.24) is 4.98 Å². The van der Waals surface area contributed by atoms with Gasteiger partial charge in [-0.25, -0.2) is 4.39 Å². The molecular weight excluding hydrogens is 374 g/mol. The zero-order valence-electron chi connectivity index (χ0n) is 15.4. The summed E-state index contributed by atoms with van der Waals surface area (Å²) in [6.07, 6.45) is 1.75. The van der Waals surface area contributed by atoms with E-state index in [4.69, 9.17) is 20.9 Å². The fraction of sp³-hybridized carbons (Fsp3) is 0.389. The third-order valence-electron chi connectivity index (χ3n) is 4.80. The first-order valence-corrected chi connectivity index (χ1v) is 9.48. The lowest BCUT2D eigenvalue weighted by molar-refractivity contribution is 0.00578. The van der Waals surface area contributed by atoms with Crippen LogP contribution in [0.15, 0.2) is 35.4 Å². The van der Waals surface area contributed by atoms with E-state index in [-0.39, 0.29) is 5.82 Å². The molecule has 0 unspecified atom stereocenters.